The molecule has 1 saturated heterocycles. The number of nitrogen functional groups attached to an aromatic ring is 1. The monoisotopic (exact) mass is 453 g/mol. The van der Waals surface area contributed by atoms with Gasteiger partial charge < -0.3 is 25.7 Å². The van der Waals surface area contributed by atoms with Gasteiger partial charge in [-0.15, -0.1) is 0 Å². The molecule has 0 aliphatic carbocycles. The zero-order valence-corrected chi connectivity index (χ0v) is 18.4. The largest absolute Gasteiger partial charge is 0.453 e. The zero-order chi connectivity index (χ0) is 22.7. The van der Waals surface area contributed by atoms with Crippen LogP contribution in [0.25, 0.3) is 22.4 Å². The minimum Gasteiger partial charge on any atom is -0.453 e. The molecule has 166 valence electrons. The molecule has 2 heterocycles. The van der Waals surface area contributed by atoms with Crippen LogP contribution in [0, 0.1) is 0 Å². The molecular weight excluding hydrogens is 430 g/mol. The average Bonchev–Trinajstić information content (AvgIpc) is 3.47. The number of H-pyrrole nitrogens is 1. The highest BCUT2D eigenvalue weighted by atomic mass is 35.5. The number of halogens is 1. The van der Waals surface area contributed by atoms with E-state index in [-0.39, 0.29) is 18.5 Å². The topological polar surface area (TPSA) is 113 Å². The molecule has 1 aromatic heterocycles. The van der Waals surface area contributed by atoms with Crippen molar-refractivity contribution in [3.05, 3.63) is 59.5 Å². The summed E-state index contributed by atoms with van der Waals surface area (Å²) in [4.78, 5) is 33.4. The normalized spacial score (nSPS) is 15.6. The van der Waals surface area contributed by atoms with Gasteiger partial charge in [-0.3, -0.25) is 4.79 Å². The highest BCUT2D eigenvalue weighted by Crippen LogP contribution is 2.33. The van der Waals surface area contributed by atoms with E-state index in [0.717, 1.165) is 41.1 Å². The summed E-state index contributed by atoms with van der Waals surface area (Å²) in [7, 11) is 1.26. The number of rotatable bonds is 5. The number of aromatic amines is 1. The minimum absolute atomic E-state index is 0.105. The number of nitrogens with zero attached hydrogens (tertiary/aromatic N) is 2. The van der Waals surface area contributed by atoms with Gasteiger partial charge in [-0.05, 0) is 36.1 Å². The Morgan fingerprint density at radius 1 is 1.25 bits per heavy atom. The van der Waals surface area contributed by atoms with E-state index in [1.165, 1.54) is 7.11 Å². The number of carbonyl (C=O) groups is 2. The molecule has 0 spiro atoms. The number of amides is 2. The van der Waals surface area contributed by atoms with Crippen molar-refractivity contribution in [1.29, 1.82) is 0 Å². The number of methoxy groups -OCH3 is 1. The molecule has 0 saturated carbocycles. The van der Waals surface area contributed by atoms with E-state index in [1.807, 2.05) is 36.4 Å². The van der Waals surface area contributed by atoms with Gasteiger partial charge in [0, 0.05) is 17.8 Å². The van der Waals surface area contributed by atoms with Crippen LogP contribution in [0.2, 0.25) is 5.02 Å². The molecule has 4 N–H and O–H groups in total. The van der Waals surface area contributed by atoms with Crippen LogP contribution in [-0.2, 0) is 9.53 Å². The Hall–Kier alpha value is -3.52. The Bertz CT molecular complexity index is 1130. The molecule has 1 unspecified atom stereocenters. The van der Waals surface area contributed by atoms with Gasteiger partial charge in [0.1, 0.15) is 12.4 Å². The van der Waals surface area contributed by atoms with Gasteiger partial charge in [-0.1, -0.05) is 41.9 Å². The molecule has 1 aliphatic heterocycles. The van der Waals surface area contributed by atoms with Crippen LogP contribution in [0.5, 0.6) is 0 Å². The number of carbonyl (C=O) groups excluding carboxylic acids is 2. The van der Waals surface area contributed by atoms with E-state index in [1.54, 1.807) is 17.2 Å². The SMILES string of the molecule is COC(=O)NCC(=O)N1CCCC1c1ncc(-c2ccc(-c3ccc(N)cc3Cl)cc2)[nH]1. The molecule has 3 aromatic rings. The summed E-state index contributed by atoms with van der Waals surface area (Å²) in [5, 5.41) is 3.04. The van der Waals surface area contributed by atoms with Gasteiger partial charge in [-0.2, -0.15) is 0 Å². The molecule has 0 radical (unpaired) electrons. The Morgan fingerprint density at radius 3 is 2.72 bits per heavy atom. The second-order valence-corrected chi connectivity index (χ2v) is 8.00. The molecule has 4 rings (SSSR count). The third-order valence-corrected chi connectivity index (χ3v) is 5.87. The Balaban J connectivity index is 1.48. The predicted octanol–water partition coefficient (Wildman–Crippen LogP) is 4.00. The lowest BCUT2D eigenvalue weighted by Gasteiger charge is -2.23. The fraction of sp³-hybridized carbons (Fsp3) is 0.261. The summed E-state index contributed by atoms with van der Waals surface area (Å²) in [6.07, 6.45) is 2.83. The lowest BCUT2D eigenvalue weighted by atomic mass is 10.0. The highest BCUT2D eigenvalue weighted by molar-refractivity contribution is 6.33. The molecule has 8 nitrogen and oxygen atoms in total. The first-order valence-corrected chi connectivity index (χ1v) is 10.7. The minimum atomic E-state index is -0.627. The molecule has 2 amide bonds. The van der Waals surface area contributed by atoms with Crippen molar-refractivity contribution in [2.24, 2.45) is 0 Å². The fourth-order valence-corrected chi connectivity index (χ4v) is 4.22. The van der Waals surface area contributed by atoms with Crippen molar-refractivity contribution in [3.63, 3.8) is 0 Å². The lowest BCUT2D eigenvalue weighted by Crippen LogP contribution is -2.40. The standard InChI is InChI=1S/C23H24ClN5O3/c1-32-23(31)27-13-21(30)29-10-2-3-20(29)22-26-12-19(28-22)15-6-4-14(5-7-15)17-9-8-16(25)11-18(17)24/h4-9,11-12,20H,2-3,10,13,25H2,1H3,(H,26,28)(H,27,31). The van der Waals surface area contributed by atoms with E-state index < -0.39 is 6.09 Å². The summed E-state index contributed by atoms with van der Waals surface area (Å²) in [5.74, 6) is 0.565. The van der Waals surface area contributed by atoms with Crippen LogP contribution < -0.4 is 11.1 Å². The third-order valence-electron chi connectivity index (χ3n) is 5.55. The van der Waals surface area contributed by atoms with Crippen molar-refractivity contribution in [1.82, 2.24) is 20.2 Å². The number of hydrogen-bond acceptors (Lipinski definition) is 5. The van der Waals surface area contributed by atoms with Crippen molar-refractivity contribution < 1.29 is 14.3 Å². The number of nitrogens with two attached hydrogens (primary N) is 1. The molecule has 9 heteroatoms. The van der Waals surface area contributed by atoms with Gasteiger partial charge in [-0.25, -0.2) is 9.78 Å². The van der Waals surface area contributed by atoms with Crippen molar-refractivity contribution >= 4 is 29.3 Å². The van der Waals surface area contributed by atoms with Crippen molar-refractivity contribution in [3.8, 4) is 22.4 Å². The van der Waals surface area contributed by atoms with Crippen LogP contribution in [0.4, 0.5) is 10.5 Å². The summed E-state index contributed by atoms with van der Waals surface area (Å²) in [5.41, 5.74) is 10.1. The molecular formula is C23H24ClN5O3. The van der Waals surface area contributed by atoms with E-state index in [2.05, 4.69) is 20.0 Å². The maximum Gasteiger partial charge on any atom is 0.407 e. The molecule has 1 atom stereocenters. The average molecular weight is 454 g/mol. The highest BCUT2D eigenvalue weighted by Gasteiger charge is 2.32. The molecule has 1 aliphatic rings. The first kappa shape index (κ1) is 21.7. The fourth-order valence-electron chi connectivity index (χ4n) is 3.92. The summed E-state index contributed by atoms with van der Waals surface area (Å²) < 4.78 is 4.52. The van der Waals surface area contributed by atoms with E-state index in [4.69, 9.17) is 17.3 Å². The van der Waals surface area contributed by atoms with E-state index in [9.17, 15) is 9.59 Å². The van der Waals surface area contributed by atoms with Gasteiger partial charge in [0.25, 0.3) is 0 Å². The van der Waals surface area contributed by atoms with Crippen LogP contribution in [0.15, 0.2) is 48.7 Å². The number of ether oxygens (including phenoxy) is 1. The Kier molecular flexibility index (Phi) is 6.32. The summed E-state index contributed by atoms with van der Waals surface area (Å²) in [6, 6.07) is 13.3. The molecule has 1 fully saturated rings. The van der Waals surface area contributed by atoms with Crippen LogP contribution in [-0.4, -0.2) is 47.1 Å². The van der Waals surface area contributed by atoms with E-state index >= 15 is 0 Å². The zero-order valence-electron chi connectivity index (χ0n) is 17.6. The quantitative estimate of drug-likeness (QED) is 0.505. The summed E-state index contributed by atoms with van der Waals surface area (Å²) in [6.45, 7) is 0.519. The van der Waals surface area contributed by atoms with Crippen molar-refractivity contribution in [2.45, 2.75) is 18.9 Å². The maximum atomic E-state index is 12.5. The van der Waals surface area contributed by atoms with Gasteiger partial charge >= 0.3 is 6.09 Å². The first-order chi connectivity index (χ1) is 15.5. The lowest BCUT2D eigenvalue weighted by molar-refractivity contribution is -0.131. The van der Waals surface area contributed by atoms with Gasteiger partial charge in [0.2, 0.25) is 5.91 Å². The second kappa shape index (κ2) is 9.32. The number of nitrogens with one attached hydrogen (secondary N) is 2. The van der Waals surface area contributed by atoms with Gasteiger partial charge in [0.15, 0.2) is 0 Å². The number of alkyl carbamates (subject to hydrolysis) is 1. The van der Waals surface area contributed by atoms with Crippen LogP contribution >= 0.6 is 11.6 Å². The molecule has 0 bridgehead atoms. The number of aromatic nitrogens is 2. The second-order valence-electron chi connectivity index (χ2n) is 7.59. The van der Waals surface area contributed by atoms with E-state index in [0.29, 0.717) is 17.3 Å². The van der Waals surface area contributed by atoms with Gasteiger partial charge in [0.05, 0.1) is 30.1 Å². The predicted molar refractivity (Wildman–Crippen MR) is 123 cm³/mol. The smallest absolute Gasteiger partial charge is 0.407 e. The van der Waals surface area contributed by atoms with Crippen molar-refractivity contribution in [2.75, 3.05) is 25.9 Å². The maximum absolute atomic E-state index is 12.5. The number of anilines is 1. The first-order valence-electron chi connectivity index (χ1n) is 10.3. The third kappa shape index (κ3) is 4.55. The molecule has 2 aromatic carbocycles. The Morgan fingerprint density at radius 2 is 2.00 bits per heavy atom. The summed E-state index contributed by atoms with van der Waals surface area (Å²) >= 11 is 6.33. The Labute approximate surface area is 190 Å². The number of benzene rings is 2. The number of likely N-dealkylation sites (tertiary alicyclic amines) is 1. The van der Waals surface area contributed by atoms with Crippen LogP contribution in [0.3, 0.4) is 0 Å². The van der Waals surface area contributed by atoms with Crippen LogP contribution in [0.1, 0.15) is 24.7 Å². The molecule has 32 heavy (non-hydrogen) atoms. The number of hydrogen-bond donors (Lipinski definition) is 3. The number of imidazole rings is 1.